The number of aromatic carboxylic acids is 1. The highest BCUT2D eigenvalue weighted by Crippen LogP contribution is 2.27. The van der Waals surface area contributed by atoms with Crippen LogP contribution in [0, 0.1) is 20.8 Å². The second-order valence-electron chi connectivity index (χ2n) is 4.26. The van der Waals surface area contributed by atoms with Gasteiger partial charge >= 0.3 is 5.97 Å². The van der Waals surface area contributed by atoms with Gasteiger partial charge in [-0.2, -0.15) is 0 Å². The van der Waals surface area contributed by atoms with E-state index in [-0.39, 0.29) is 0 Å². The van der Waals surface area contributed by atoms with Gasteiger partial charge in [0, 0.05) is 4.90 Å². The van der Waals surface area contributed by atoms with E-state index in [0.717, 1.165) is 26.9 Å². The van der Waals surface area contributed by atoms with Gasteiger partial charge in [-0.15, -0.1) is 0 Å². The maximum atomic E-state index is 11.1. The number of nitrogens with zero attached hydrogens (tertiary/aromatic N) is 2. The van der Waals surface area contributed by atoms with Crippen LogP contribution in [0.2, 0.25) is 0 Å². The first-order chi connectivity index (χ1) is 8.97. The molecule has 2 rings (SSSR count). The smallest absolute Gasteiger partial charge is 0.335 e. The van der Waals surface area contributed by atoms with Gasteiger partial charge in [0.1, 0.15) is 5.03 Å². The number of carboxylic acid groups (broad SMARTS) is 1. The molecule has 19 heavy (non-hydrogen) atoms. The third-order valence-electron chi connectivity index (χ3n) is 2.83. The molecule has 1 aromatic carbocycles. The SMILES string of the molecule is Cc1ccc(Sc2cnc(C)c(C)n2)cc1C(=O)O. The van der Waals surface area contributed by atoms with E-state index in [0.29, 0.717) is 5.56 Å². The number of carboxylic acids is 1. The van der Waals surface area contributed by atoms with Crippen LogP contribution in [0.15, 0.2) is 34.3 Å². The van der Waals surface area contributed by atoms with Crippen LogP contribution in [0.3, 0.4) is 0 Å². The van der Waals surface area contributed by atoms with Crippen molar-refractivity contribution in [2.24, 2.45) is 0 Å². The van der Waals surface area contributed by atoms with Gasteiger partial charge in [0.2, 0.25) is 0 Å². The molecular weight excluding hydrogens is 260 g/mol. The predicted octanol–water partition coefficient (Wildman–Crippen LogP) is 3.25. The molecule has 0 unspecified atom stereocenters. The molecule has 1 N–H and O–H groups in total. The molecule has 0 bridgehead atoms. The number of aromatic nitrogens is 2. The lowest BCUT2D eigenvalue weighted by molar-refractivity contribution is 0.0696. The first-order valence-electron chi connectivity index (χ1n) is 5.79. The second-order valence-corrected chi connectivity index (χ2v) is 5.36. The third kappa shape index (κ3) is 3.12. The van der Waals surface area contributed by atoms with E-state index in [1.807, 2.05) is 19.9 Å². The normalized spacial score (nSPS) is 10.5. The Bertz CT molecular complexity index is 641. The second kappa shape index (κ2) is 5.40. The average molecular weight is 274 g/mol. The van der Waals surface area contributed by atoms with Crippen LogP contribution in [0.25, 0.3) is 0 Å². The Kier molecular flexibility index (Phi) is 3.85. The largest absolute Gasteiger partial charge is 0.478 e. The molecule has 0 radical (unpaired) electrons. The van der Waals surface area contributed by atoms with Gasteiger partial charge in [0.15, 0.2) is 0 Å². The minimum atomic E-state index is -0.911. The van der Waals surface area contributed by atoms with Gasteiger partial charge in [-0.3, -0.25) is 4.98 Å². The van der Waals surface area contributed by atoms with Crippen molar-refractivity contribution >= 4 is 17.7 Å². The fraction of sp³-hybridized carbons (Fsp3) is 0.214. The fourth-order valence-electron chi connectivity index (χ4n) is 1.59. The zero-order chi connectivity index (χ0) is 14.0. The Morgan fingerprint density at radius 3 is 2.58 bits per heavy atom. The summed E-state index contributed by atoms with van der Waals surface area (Å²) in [4.78, 5) is 20.6. The molecule has 0 fully saturated rings. The van der Waals surface area contributed by atoms with Crippen LogP contribution in [0.5, 0.6) is 0 Å². The van der Waals surface area contributed by atoms with Gasteiger partial charge in [-0.05, 0) is 38.5 Å². The Hall–Kier alpha value is -1.88. The summed E-state index contributed by atoms with van der Waals surface area (Å²) in [6, 6.07) is 5.36. The number of hydrogen-bond donors (Lipinski definition) is 1. The summed E-state index contributed by atoms with van der Waals surface area (Å²) in [6.07, 6.45) is 1.70. The lowest BCUT2D eigenvalue weighted by Gasteiger charge is -2.06. The Morgan fingerprint density at radius 2 is 1.95 bits per heavy atom. The summed E-state index contributed by atoms with van der Waals surface area (Å²) in [5, 5.41) is 9.87. The van der Waals surface area contributed by atoms with Crippen molar-refractivity contribution in [2.45, 2.75) is 30.7 Å². The van der Waals surface area contributed by atoms with E-state index < -0.39 is 5.97 Å². The molecule has 98 valence electrons. The van der Waals surface area contributed by atoms with Crippen molar-refractivity contribution in [3.63, 3.8) is 0 Å². The molecule has 0 aliphatic heterocycles. The first kappa shape index (κ1) is 13.5. The highest BCUT2D eigenvalue weighted by molar-refractivity contribution is 7.99. The molecule has 0 saturated heterocycles. The number of benzene rings is 1. The van der Waals surface area contributed by atoms with Crippen LogP contribution in [0.4, 0.5) is 0 Å². The highest BCUT2D eigenvalue weighted by atomic mass is 32.2. The highest BCUT2D eigenvalue weighted by Gasteiger charge is 2.09. The number of aryl methyl sites for hydroxylation is 3. The van der Waals surface area contributed by atoms with E-state index in [2.05, 4.69) is 9.97 Å². The monoisotopic (exact) mass is 274 g/mol. The zero-order valence-corrected chi connectivity index (χ0v) is 11.8. The summed E-state index contributed by atoms with van der Waals surface area (Å²) in [5.74, 6) is -0.911. The Morgan fingerprint density at radius 1 is 1.21 bits per heavy atom. The van der Waals surface area contributed by atoms with Crippen molar-refractivity contribution in [1.82, 2.24) is 9.97 Å². The summed E-state index contributed by atoms with van der Waals surface area (Å²) >= 11 is 1.41. The van der Waals surface area contributed by atoms with Crippen LogP contribution >= 0.6 is 11.8 Å². The average Bonchev–Trinajstić information content (AvgIpc) is 2.36. The van der Waals surface area contributed by atoms with Gasteiger partial charge in [0.05, 0.1) is 23.1 Å². The number of rotatable bonds is 3. The number of hydrogen-bond acceptors (Lipinski definition) is 4. The first-order valence-corrected chi connectivity index (χ1v) is 6.61. The molecule has 0 saturated carbocycles. The van der Waals surface area contributed by atoms with E-state index in [1.165, 1.54) is 11.8 Å². The molecule has 0 spiro atoms. The Labute approximate surface area is 115 Å². The van der Waals surface area contributed by atoms with Crippen molar-refractivity contribution in [1.29, 1.82) is 0 Å². The molecule has 2 aromatic rings. The summed E-state index contributed by atoms with van der Waals surface area (Å²) in [6.45, 7) is 5.60. The molecule has 5 heteroatoms. The molecule has 1 aromatic heterocycles. The third-order valence-corrected chi connectivity index (χ3v) is 3.73. The standard InChI is InChI=1S/C14H14N2O2S/c1-8-4-5-11(6-12(8)14(17)18)19-13-7-15-9(2)10(3)16-13/h4-7H,1-3H3,(H,17,18). The fourth-order valence-corrected chi connectivity index (χ4v) is 2.43. The van der Waals surface area contributed by atoms with E-state index >= 15 is 0 Å². The Balaban J connectivity index is 2.30. The van der Waals surface area contributed by atoms with Crippen LogP contribution < -0.4 is 0 Å². The van der Waals surface area contributed by atoms with Gasteiger partial charge in [-0.1, -0.05) is 17.8 Å². The van der Waals surface area contributed by atoms with E-state index in [4.69, 9.17) is 5.11 Å². The number of carbonyl (C=O) groups is 1. The van der Waals surface area contributed by atoms with Crippen LogP contribution in [-0.4, -0.2) is 21.0 Å². The van der Waals surface area contributed by atoms with Crippen LogP contribution in [0.1, 0.15) is 27.3 Å². The van der Waals surface area contributed by atoms with Crippen molar-refractivity contribution in [3.05, 3.63) is 46.9 Å². The minimum absolute atomic E-state index is 0.321. The quantitative estimate of drug-likeness (QED) is 0.930. The molecular formula is C14H14N2O2S. The molecule has 0 aliphatic carbocycles. The molecule has 1 heterocycles. The van der Waals surface area contributed by atoms with Crippen molar-refractivity contribution in [3.8, 4) is 0 Å². The maximum absolute atomic E-state index is 11.1. The summed E-state index contributed by atoms with van der Waals surface area (Å²) in [7, 11) is 0. The zero-order valence-electron chi connectivity index (χ0n) is 11.0. The molecule has 4 nitrogen and oxygen atoms in total. The summed E-state index contributed by atoms with van der Waals surface area (Å²) < 4.78 is 0. The van der Waals surface area contributed by atoms with E-state index in [9.17, 15) is 4.79 Å². The topological polar surface area (TPSA) is 63.1 Å². The molecule has 0 aliphatic rings. The van der Waals surface area contributed by atoms with Crippen molar-refractivity contribution in [2.75, 3.05) is 0 Å². The van der Waals surface area contributed by atoms with Crippen molar-refractivity contribution < 1.29 is 9.90 Å². The lowest BCUT2D eigenvalue weighted by Crippen LogP contribution is -1.99. The van der Waals surface area contributed by atoms with Crippen LogP contribution in [-0.2, 0) is 0 Å². The minimum Gasteiger partial charge on any atom is -0.478 e. The predicted molar refractivity (Wildman–Crippen MR) is 73.8 cm³/mol. The molecule has 0 amide bonds. The van der Waals surface area contributed by atoms with E-state index in [1.54, 1.807) is 25.3 Å². The lowest BCUT2D eigenvalue weighted by atomic mass is 10.1. The van der Waals surface area contributed by atoms with Gasteiger partial charge < -0.3 is 5.11 Å². The van der Waals surface area contributed by atoms with Gasteiger partial charge in [0.25, 0.3) is 0 Å². The molecule has 0 atom stereocenters. The maximum Gasteiger partial charge on any atom is 0.335 e. The van der Waals surface area contributed by atoms with Gasteiger partial charge in [-0.25, -0.2) is 9.78 Å². The summed E-state index contributed by atoms with van der Waals surface area (Å²) in [5.41, 5.74) is 2.86.